The third kappa shape index (κ3) is 2.98. The molecule has 2 N–H and O–H groups in total. The molecule has 0 unspecified atom stereocenters. The van der Waals surface area contributed by atoms with Crippen molar-refractivity contribution < 1.29 is 15.0 Å². The Hall–Kier alpha value is -1.35. The van der Waals surface area contributed by atoms with E-state index in [9.17, 15) is 9.90 Å². The number of aliphatic carboxylic acids is 1. The number of carboxylic acids is 1. The topological polar surface area (TPSA) is 57.5 Å². The van der Waals surface area contributed by atoms with Gasteiger partial charge in [0.2, 0.25) is 0 Å². The number of carboxylic acid groups (broad SMARTS) is 1. The summed E-state index contributed by atoms with van der Waals surface area (Å²) in [6.07, 6.45) is 6.23. The Kier molecular flexibility index (Phi) is 4.59. The fourth-order valence-corrected chi connectivity index (χ4v) is 3.05. The van der Waals surface area contributed by atoms with Gasteiger partial charge in [0.25, 0.3) is 0 Å². The SMILES string of the molecule is O=C(O)C1(c2ccc(CCCO)cc2)CCCCC1. The van der Waals surface area contributed by atoms with Crippen LogP contribution in [0.1, 0.15) is 49.7 Å². The first-order valence-electron chi connectivity index (χ1n) is 7.13. The predicted molar refractivity (Wildman–Crippen MR) is 74.2 cm³/mol. The molecule has 0 aliphatic heterocycles. The van der Waals surface area contributed by atoms with Gasteiger partial charge in [-0.25, -0.2) is 0 Å². The lowest BCUT2D eigenvalue weighted by Gasteiger charge is -2.33. The third-order valence-electron chi connectivity index (χ3n) is 4.25. The molecule has 0 saturated heterocycles. The van der Waals surface area contributed by atoms with Gasteiger partial charge in [0.05, 0.1) is 5.41 Å². The average Bonchev–Trinajstić information content (AvgIpc) is 2.46. The van der Waals surface area contributed by atoms with E-state index in [0.29, 0.717) is 0 Å². The zero-order valence-electron chi connectivity index (χ0n) is 11.3. The van der Waals surface area contributed by atoms with Crippen LogP contribution in [-0.2, 0) is 16.6 Å². The summed E-state index contributed by atoms with van der Waals surface area (Å²) in [6, 6.07) is 7.94. The Morgan fingerprint density at radius 2 is 1.74 bits per heavy atom. The molecule has 1 saturated carbocycles. The van der Waals surface area contributed by atoms with Crippen LogP contribution in [0.5, 0.6) is 0 Å². The van der Waals surface area contributed by atoms with Crippen LogP contribution >= 0.6 is 0 Å². The zero-order valence-corrected chi connectivity index (χ0v) is 11.3. The molecule has 0 bridgehead atoms. The van der Waals surface area contributed by atoms with Gasteiger partial charge in [-0.05, 0) is 36.8 Å². The summed E-state index contributed by atoms with van der Waals surface area (Å²) in [5, 5.41) is 18.4. The number of benzene rings is 1. The summed E-state index contributed by atoms with van der Waals surface area (Å²) in [5.41, 5.74) is 1.43. The van der Waals surface area contributed by atoms with Gasteiger partial charge in [0, 0.05) is 6.61 Å². The van der Waals surface area contributed by atoms with E-state index in [1.54, 1.807) is 0 Å². The summed E-state index contributed by atoms with van der Waals surface area (Å²) in [6.45, 7) is 0.195. The predicted octanol–water partition coefficient (Wildman–Crippen LogP) is 2.90. The van der Waals surface area contributed by atoms with Crippen molar-refractivity contribution in [2.24, 2.45) is 0 Å². The van der Waals surface area contributed by atoms with Crippen molar-refractivity contribution in [3.05, 3.63) is 35.4 Å². The molecule has 1 fully saturated rings. The molecular formula is C16H22O3. The van der Waals surface area contributed by atoms with Crippen molar-refractivity contribution in [1.82, 2.24) is 0 Å². The van der Waals surface area contributed by atoms with E-state index < -0.39 is 11.4 Å². The molecule has 1 aromatic carbocycles. The van der Waals surface area contributed by atoms with E-state index in [-0.39, 0.29) is 6.61 Å². The van der Waals surface area contributed by atoms with Crippen molar-refractivity contribution >= 4 is 5.97 Å². The van der Waals surface area contributed by atoms with E-state index >= 15 is 0 Å². The summed E-state index contributed by atoms with van der Waals surface area (Å²) in [5.74, 6) is -0.685. The number of carbonyl (C=O) groups is 1. The summed E-state index contributed by atoms with van der Waals surface area (Å²) >= 11 is 0. The van der Waals surface area contributed by atoms with Gasteiger partial charge in [0.15, 0.2) is 0 Å². The second kappa shape index (κ2) is 6.20. The van der Waals surface area contributed by atoms with Gasteiger partial charge in [-0.15, -0.1) is 0 Å². The van der Waals surface area contributed by atoms with Gasteiger partial charge in [-0.2, -0.15) is 0 Å². The van der Waals surface area contributed by atoms with Gasteiger partial charge in [-0.3, -0.25) is 4.79 Å². The molecule has 3 nitrogen and oxygen atoms in total. The van der Waals surface area contributed by atoms with Gasteiger partial charge >= 0.3 is 5.97 Å². The number of hydrogen-bond acceptors (Lipinski definition) is 2. The molecule has 0 amide bonds. The maximum atomic E-state index is 11.7. The van der Waals surface area contributed by atoms with Crippen molar-refractivity contribution in [1.29, 1.82) is 0 Å². The Bertz CT molecular complexity index is 416. The highest BCUT2D eigenvalue weighted by Crippen LogP contribution is 2.39. The fourth-order valence-electron chi connectivity index (χ4n) is 3.05. The van der Waals surface area contributed by atoms with Crippen molar-refractivity contribution in [2.45, 2.75) is 50.4 Å². The lowest BCUT2D eigenvalue weighted by Crippen LogP contribution is -2.37. The second-order valence-electron chi connectivity index (χ2n) is 5.47. The highest BCUT2D eigenvalue weighted by atomic mass is 16.4. The van der Waals surface area contributed by atoms with Crippen LogP contribution in [-0.4, -0.2) is 22.8 Å². The molecule has 0 aromatic heterocycles. The molecule has 0 spiro atoms. The van der Waals surface area contributed by atoms with Crippen LogP contribution in [0.15, 0.2) is 24.3 Å². The number of aliphatic hydroxyl groups excluding tert-OH is 1. The summed E-state index contributed by atoms with van der Waals surface area (Å²) in [7, 11) is 0. The molecule has 1 aromatic rings. The summed E-state index contributed by atoms with van der Waals surface area (Å²) < 4.78 is 0. The Balaban J connectivity index is 2.20. The van der Waals surface area contributed by atoms with E-state index in [4.69, 9.17) is 5.11 Å². The molecule has 104 valence electrons. The van der Waals surface area contributed by atoms with Crippen LogP contribution < -0.4 is 0 Å². The van der Waals surface area contributed by atoms with Crippen molar-refractivity contribution in [3.63, 3.8) is 0 Å². The molecule has 19 heavy (non-hydrogen) atoms. The Morgan fingerprint density at radius 1 is 1.11 bits per heavy atom. The van der Waals surface area contributed by atoms with E-state index in [1.165, 1.54) is 0 Å². The molecule has 0 radical (unpaired) electrons. The zero-order chi connectivity index (χ0) is 13.7. The minimum Gasteiger partial charge on any atom is -0.481 e. The first-order valence-corrected chi connectivity index (χ1v) is 7.13. The largest absolute Gasteiger partial charge is 0.481 e. The van der Waals surface area contributed by atoms with Crippen molar-refractivity contribution in [3.8, 4) is 0 Å². The minimum absolute atomic E-state index is 0.195. The lowest BCUT2D eigenvalue weighted by atomic mass is 9.69. The molecule has 3 heteroatoms. The molecule has 0 atom stereocenters. The molecule has 1 aliphatic rings. The standard InChI is InChI=1S/C16H22O3/c17-12-4-5-13-6-8-14(9-7-13)16(15(18)19)10-2-1-3-11-16/h6-9,17H,1-5,10-12H2,(H,18,19). The van der Waals surface area contributed by atoms with E-state index in [1.807, 2.05) is 24.3 Å². The van der Waals surface area contributed by atoms with Gasteiger partial charge < -0.3 is 10.2 Å². The van der Waals surface area contributed by atoms with Gasteiger partial charge in [-0.1, -0.05) is 43.5 Å². The monoisotopic (exact) mass is 262 g/mol. The number of aliphatic hydroxyl groups is 1. The highest BCUT2D eigenvalue weighted by molar-refractivity contribution is 5.81. The van der Waals surface area contributed by atoms with Crippen LogP contribution in [0.2, 0.25) is 0 Å². The van der Waals surface area contributed by atoms with Crippen LogP contribution in [0.25, 0.3) is 0 Å². The number of hydrogen-bond donors (Lipinski definition) is 2. The third-order valence-corrected chi connectivity index (χ3v) is 4.25. The number of aryl methyl sites for hydroxylation is 1. The Morgan fingerprint density at radius 3 is 2.26 bits per heavy atom. The minimum atomic E-state index is -0.685. The molecule has 1 aliphatic carbocycles. The molecule has 2 rings (SSSR count). The summed E-state index contributed by atoms with van der Waals surface area (Å²) in [4.78, 5) is 11.7. The quantitative estimate of drug-likeness (QED) is 0.857. The lowest BCUT2D eigenvalue weighted by molar-refractivity contribution is -0.145. The van der Waals surface area contributed by atoms with Crippen LogP contribution in [0, 0.1) is 0 Å². The first kappa shape index (κ1) is 14.1. The number of rotatable bonds is 5. The Labute approximate surface area is 114 Å². The van der Waals surface area contributed by atoms with Crippen molar-refractivity contribution in [2.75, 3.05) is 6.61 Å². The van der Waals surface area contributed by atoms with Crippen LogP contribution in [0.4, 0.5) is 0 Å². The van der Waals surface area contributed by atoms with E-state index in [0.717, 1.165) is 56.1 Å². The van der Waals surface area contributed by atoms with Gasteiger partial charge in [0.1, 0.15) is 0 Å². The highest BCUT2D eigenvalue weighted by Gasteiger charge is 2.41. The maximum Gasteiger partial charge on any atom is 0.314 e. The normalized spacial score (nSPS) is 18.2. The smallest absolute Gasteiger partial charge is 0.314 e. The fraction of sp³-hybridized carbons (Fsp3) is 0.562. The molecular weight excluding hydrogens is 240 g/mol. The van der Waals surface area contributed by atoms with E-state index in [2.05, 4.69) is 0 Å². The van der Waals surface area contributed by atoms with Crippen LogP contribution in [0.3, 0.4) is 0 Å². The maximum absolute atomic E-state index is 11.7. The second-order valence-corrected chi connectivity index (χ2v) is 5.47. The molecule has 0 heterocycles. The average molecular weight is 262 g/mol. The first-order chi connectivity index (χ1) is 9.19.